The molecule has 1 N–H and O–H groups in total. The molecule has 3 nitrogen and oxygen atoms in total. The number of alkyl halides is 3. The molecule has 1 aromatic heterocycles. The standard InChI is InChI=1S/C12H9BrF3N3/c1-17-10-6-9(7-3-2-4-8(13)5-7)18-11(19-10)12(14,15)16/h2-6H,1H3,(H,17,18,19). The molecule has 0 aliphatic carbocycles. The van der Waals surface area contributed by atoms with Gasteiger partial charge in [-0.1, -0.05) is 28.1 Å². The second-order valence-electron chi connectivity index (χ2n) is 3.72. The van der Waals surface area contributed by atoms with E-state index in [-0.39, 0.29) is 11.5 Å². The molecule has 0 aliphatic heterocycles. The Morgan fingerprint density at radius 2 is 1.89 bits per heavy atom. The zero-order chi connectivity index (χ0) is 14.0. The van der Waals surface area contributed by atoms with Gasteiger partial charge in [0, 0.05) is 23.2 Å². The summed E-state index contributed by atoms with van der Waals surface area (Å²) in [7, 11) is 1.51. The zero-order valence-corrected chi connectivity index (χ0v) is 11.4. The molecule has 0 bridgehead atoms. The Bertz CT molecular complexity index is 599. The SMILES string of the molecule is CNc1cc(-c2cccc(Br)c2)nc(C(F)(F)F)n1. The van der Waals surface area contributed by atoms with Gasteiger partial charge in [0.2, 0.25) is 5.82 Å². The second kappa shape index (κ2) is 5.16. The van der Waals surface area contributed by atoms with E-state index in [0.717, 1.165) is 4.47 Å². The average molecular weight is 332 g/mol. The molecule has 19 heavy (non-hydrogen) atoms. The highest BCUT2D eigenvalue weighted by Crippen LogP contribution is 2.30. The van der Waals surface area contributed by atoms with E-state index in [1.807, 2.05) is 0 Å². The number of nitrogens with one attached hydrogen (secondary N) is 1. The molecule has 2 rings (SSSR count). The van der Waals surface area contributed by atoms with Crippen LogP contribution in [-0.2, 0) is 6.18 Å². The Morgan fingerprint density at radius 1 is 1.16 bits per heavy atom. The van der Waals surface area contributed by atoms with Crippen LogP contribution in [0, 0.1) is 0 Å². The maximum atomic E-state index is 12.7. The van der Waals surface area contributed by atoms with E-state index in [1.165, 1.54) is 13.1 Å². The van der Waals surface area contributed by atoms with Gasteiger partial charge in [-0.2, -0.15) is 13.2 Å². The van der Waals surface area contributed by atoms with Gasteiger partial charge < -0.3 is 5.32 Å². The van der Waals surface area contributed by atoms with E-state index in [2.05, 4.69) is 31.2 Å². The quantitative estimate of drug-likeness (QED) is 0.904. The molecular weight excluding hydrogens is 323 g/mol. The van der Waals surface area contributed by atoms with Crippen molar-refractivity contribution in [2.75, 3.05) is 12.4 Å². The van der Waals surface area contributed by atoms with E-state index in [9.17, 15) is 13.2 Å². The molecule has 100 valence electrons. The third kappa shape index (κ3) is 3.23. The molecule has 0 aliphatic rings. The first-order chi connectivity index (χ1) is 8.90. The molecule has 1 aromatic carbocycles. The number of hydrogen-bond acceptors (Lipinski definition) is 3. The van der Waals surface area contributed by atoms with Crippen LogP contribution in [0.5, 0.6) is 0 Å². The molecule has 0 fully saturated rings. The van der Waals surface area contributed by atoms with Gasteiger partial charge in [-0.15, -0.1) is 0 Å². The smallest absolute Gasteiger partial charge is 0.373 e. The van der Waals surface area contributed by atoms with Crippen molar-refractivity contribution in [3.05, 3.63) is 40.6 Å². The van der Waals surface area contributed by atoms with Gasteiger partial charge in [0.15, 0.2) is 0 Å². The van der Waals surface area contributed by atoms with E-state index < -0.39 is 12.0 Å². The first kappa shape index (κ1) is 13.8. The van der Waals surface area contributed by atoms with Crippen molar-refractivity contribution in [1.29, 1.82) is 0 Å². The fourth-order valence-electron chi connectivity index (χ4n) is 1.50. The van der Waals surface area contributed by atoms with Crippen LogP contribution in [0.15, 0.2) is 34.8 Å². The number of halogens is 4. The number of nitrogens with zero attached hydrogens (tertiary/aromatic N) is 2. The van der Waals surface area contributed by atoms with Crippen LogP contribution < -0.4 is 5.32 Å². The third-order valence-electron chi connectivity index (χ3n) is 2.36. The summed E-state index contributed by atoms with van der Waals surface area (Å²) < 4.78 is 38.9. The number of aromatic nitrogens is 2. The molecular formula is C12H9BrF3N3. The molecule has 1 heterocycles. The van der Waals surface area contributed by atoms with Gasteiger partial charge >= 0.3 is 6.18 Å². The minimum atomic E-state index is -4.58. The van der Waals surface area contributed by atoms with Crippen molar-refractivity contribution in [2.45, 2.75) is 6.18 Å². The highest BCUT2D eigenvalue weighted by Gasteiger charge is 2.35. The minimum Gasteiger partial charge on any atom is -0.373 e. The fourth-order valence-corrected chi connectivity index (χ4v) is 1.90. The molecule has 0 atom stereocenters. The predicted molar refractivity (Wildman–Crippen MR) is 69.7 cm³/mol. The highest BCUT2D eigenvalue weighted by atomic mass is 79.9. The number of anilines is 1. The minimum absolute atomic E-state index is 0.123. The Morgan fingerprint density at radius 3 is 2.47 bits per heavy atom. The normalized spacial score (nSPS) is 11.4. The molecule has 2 aromatic rings. The van der Waals surface area contributed by atoms with Crippen LogP contribution in [-0.4, -0.2) is 17.0 Å². The summed E-state index contributed by atoms with van der Waals surface area (Å²) in [5.41, 5.74) is 0.798. The Kier molecular flexibility index (Phi) is 3.75. The van der Waals surface area contributed by atoms with Crippen LogP contribution in [0.1, 0.15) is 5.82 Å². The van der Waals surface area contributed by atoms with Gasteiger partial charge in [-0.05, 0) is 12.1 Å². The molecule has 0 amide bonds. The number of rotatable bonds is 2. The van der Waals surface area contributed by atoms with Gasteiger partial charge in [-0.3, -0.25) is 0 Å². The van der Waals surface area contributed by atoms with E-state index in [0.29, 0.717) is 5.56 Å². The average Bonchev–Trinajstić information content (AvgIpc) is 2.37. The summed E-state index contributed by atoms with van der Waals surface area (Å²) in [6.45, 7) is 0. The van der Waals surface area contributed by atoms with Crippen LogP contribution >= 0.6 is 15.9 Å². The largest absolute Gasteiger partial charge is 0.451 e. The van der Waals surface area contributed by atoms with E-state index >= 15 is 0 Å². The van der Waals surface area contributed by atoms with Crippen molar-refractivity contribution in [3.8, 4) is 11.3 Å². The monoisotopic (exact) mass is 331 g/mol. The summed E-state index contributed by atoms with van der Waals surface area (Å²) in [5, 5.41) is 2.60. The Labute approximate surface area is 116 Å². The fraction of sp³-hybridized carbons (Fsp3) is 0.167. The predicted octanol–water partition coefficient (Wildman–Crippen LogP) is 3.97. The maximum absolute atomic E-state index is 12.7. The third-order valence-corrected chi connectivity index (χ3v) is 2.85. The van der Waals surface area contributed by atoms with Crippen LogP contribution in [0.25, 0.3) is 11.3 Å². The van der Waals surface area contributed by atoms with Crippen molar-refractivity contribution < 1.29 is 13.2 Å². The molecule has 0 unspecified atom stereocenters. The van der Waals surface area contributed by atoms with Crippen LogP contribution in [0.4, 0.5) is 19.0 Å². The van der Waals surface area contributed by atoms with Gasteiger partial charge in [0.1, 0.15) is 5.82 Å². The van der Waals surface area contributed by atoms with E-state index in [1.54, 1.807) is 24.3 Å². The molecule has 0 spiro atoms. The van der Waals surface area contributed by atoms with Crippen molar-refractivity contribution in [1.82, 2.24) is 9.97 Å². The highest BCUT2D eigenvalue weighted by molar-refractivity contribution is 9.10. The summed E-state index contributed by atoms with van der Waals surface area (Å²) in [4.78, 5) is 6.98. The Hall–Kier alpha value is -1.63. The van der Waals surface area contributed by atoms with Crippen molar-refractivity contribution >= 4 is 21.7 Å². The summed E-state index contributed by atoms with van der Waals surface area (Å²) in [6.07, 6.45) is -4.58. The first-order valence-electron chi connectivity index (χ1n) is 5.30. The van der Waals surface area contributed by atoms with Crippen molar-refractivity contribution in [2.24, 2.45) is 0 Å². The molecule has 0 saturated carbocycles. The number of hydrogen-bond donors (Lipinski definition) is 1. The maximum Gasteiger partial charge on any atom is 0.451 e. The van der Waals surface area contributed by atoms with Gasteiger partial charge in [-0.25, -0.2) is 9.97 Å². The lowest BCUT2D eigenvalue weighted by Gasteiger charge is -2.10. The lowest BCUT2D eigenvalue weighted by Crippen LogP contribution is -2.13. The molecule has 0 radical (unpaired) electrons. The van der Waals surface area contributed by atoms with E-state index in [4.69, 9.17) is 0 Å². The van der Waals surface area contributed by atoms with Gasteiger partial charge in [0.25, 0.3) is 0 Å². The first-order valence-corrected chi connectivity index (χ1v) is 6.09. The summed E-state index contributed by atoms with van der Waals surface area (Å²) >= 11 is 3.27. The topological polar surface area (TPSA) is 37.8 Å². The molecule has 0 saturated heterocycles. The second-order valence-corrected chi connectivity index (χ2v) is 4.64. The lowest BCUT2D eigenvalue weighted by atomic mass is 10.1. The summed E-state index contributed by atoms with van der Waals surface area (Å²) in [6, 6.07) is 8.37. The number of benzene rings is 1. The zero-order valence-electron chi connectivity index (χ0n) is 9.79. The summed E-state index contributed by atoms with van der Waals surface area (Å²) in [5.74, 6) is -1.04. The van der Waals surface area contributed by atoms with Crippen LogP contribution in [0.3, 0.4) is 0 Å². The molecule has 7 heteroatoms. The lowest BCUT2D eigenvalue weighted by molar-refractivity contribution is -0.144. The van der Waals surface area contributed by atoms with Crippen molar-refractivity contribution in [3.63, 3.8) is 0 Å². The Balaban J connectivity index is 2.57. The van der Waals surface area contributed by atoms with Gasteiger partial charge in [0.05, 0.1) is 5.69 Å². The van der Waals surface area contributed by atoms with Crippen LogP contribution in [0.2, 0.25) is 0 Å².